The molecule has 1 aliphatic rings. The van der Waals surface area contributed by atoms with Gasteiger partial charge >= 0.3 is 0 Å². The van der Waals surface area contributed by atoms with Crippen LogP contribution in [-0.4, -0.2) is 28.9 Å². The van der Waals surface area contributed by atoms with Crippen molar-refractivity contribution in [1.29, 1.82) is 0 Å². The number of carbonyl (C=O) groups is 1. The predicted molar refractivity (Wildman–Crippen MR) is 90.1 cm³/mol. The highest BCUT2D eigenvalue weighted by Crippen LogP contribution is 2.20. The number of likely N-dealkylation sites (tertiary alicyclic amines) is 1. The summed E-state index contributed by atoms with van der Waals surface area (Å²) in [5.74, 6) is 1.15. The molecule has 1 unspecified atom stereocenters. The molecule has 0 aromatic carbocycles. The smallest absolute Gasteiger partial charge is 0.224 e. The predicted octanol–water partition coefficient (Wildman–Crippen LogP) is 2.88. The normalized spacial score (nSPS) is 19.0. The molecule has 1 fully saturated rings. The molecule has 1 atom stereocenters. The lowest BCUT2D eigenvalue weighted by Gasteiger charge is -2.31. The van der Waals surface area contributed by atoms with E-state index in [0.29, 0.717) is 6.54 Å². The number of furan rings is 1. The Balaban J connectivity index is 1.50. The molecule has 1 N–H and O–H groups in total. The zero-order chi connectivity index (χ0) is 16.2. The molecule has 6 heteroatoms. The first-order chi connectivity index (χ1) is 11.1. The Morgan fingerprint density at radius 1 is 1.52 bits per heavy atom. The third-order valence-corrected chi connectivity index (χ3v) is 5.40. The molecule has 3 rings (SSSR count). The van der Waals surface area contributed by atoms with Gasteiger partial charge in [-0.1, -0.05) is 0 Å². The molecule has 0 bridgehead atoms. The molecule has 1 aliphatic heterocycles. The van der Waals surface area contributed by atoms with Crippen molar-refractivity contribution in [2.24, 2.45) is 5.92 Å². The van der Waals surface area contributed by atoms with Gasteiger partial charge in [-0.05, 0) is 45.4 Å². The van der Waals surface area contributed by atoms with E-state index < -0.39 is 0 Å². The van der Waals surface area contributed by atoms with E-state index in [-0.39, 0.29) is 11.8 Å². The molecule has 0 spiro atoms. The van der Waals surface area contributed by atoms with Gasteiger partial charge in [-0.3, -0.25) is 9.69 Å². The third-order valence-electron chi connectivity index (χ3n) is 4.32. The van der Waals surface area contributed by atoms with Gasteiger partial charge in [0, 0.05) is 11.4 Å². The number of hydrogen-bond donors (Lipinski definition) is 1. The number of aryl methyl sites for hydroxylation is 2. The van der Waals surface area contributed by atoms with Crippen molar-refractivity contribution in [3.05, 3.63) is 39.7 Å². The van der Waals surface area contributed by atoms with Crippen molar-refractivity contribution in [3.63, 3.8) is 0 Å². The summed E-state index contributed by atoms with van der Waals surface area (Å²) in [4.78, 5) is 20.4. The van der Waals surface area contributed by atoms with Crippen molar-refractivity contribution in [2.45, 2.75) is 39.8 Å². The highest BCUT2D eigenvalue weighted by Gasteiger charge is 2.26. The number of amides is 1. The number of aromatic nitrogens is 1. The van der Waals surface area contributed by atoms with E-state index in [1.807, 2.05) is 19.1 Å². The summed E-state index contributed by atoms with van der Waals surface area (Å²) in [7, 11) is 0. The molecule has 124 valence electrons. The van der Waals surface area contributed by atoms with E-state index in [4.69, 9.17) is 4.42 Å². The average molecular weight is 333 g/mol. The zero-order valence-corrected chi connectivity index (χ0v) is 14.5. The lowest BCUT2D eigenvalue weighted by Crippen LogP contribution is -2.42. The van der Waals surface area contributed by atoms with Crippen molar-refractivity contribution in [2.75, 3.05) is 13.1 Å². The molecule has 23 heavy (non-hydrogen) atoms. The van der Waals surface area contributed by atoms with Crippen LogP contribution in [0.4, 0.5) is 0 Å². The van der Waals surface area contributed by atoms with E-state index in [1.165, 1.54) is 4.88 Å². The molecule has 1 saturated heterocycles. The number of hydrogen-bond acceptors (Lipinski definition) is 5. The fraction of sp³-hybridized carbons (Fsp3) is 0.529. The number of thiazole rings is 1. The van der Waals surface area contributed by atoms with Gasteiger partial charge in [0.1, 0.15) is 10.8 Å². The van der Waals surface area contributed by atoms with E-state index in [2.05, 4.69) is 22.1 Å². The monoisotopic (exact) mass is 333 g/mol. The Bertz CT molecular complexity index is 631. The second-order valence-corrected chi connectivity index (χ2v) is 7.41. The minimum absolute atomic E-state index is 0.0564. The molecule has 5 nitrogen and oxygen atoms in total. The van der Waals surface area contributed by atoms with Gasteiger partial charge in [0.2, 0.25) is 5.91 Å². The maximum Gasteiger partial charge on any atom is 0.224 e. The lowest BCUT2D eigenvalue weighted by molar-refractivity contribution is -0.127. The number of piperidine rings is 1. The topological polar surface area (TPSA) is 58.4 Å². The maximum atomic E-state index is 12.4. The van der Waals surface area contributed by atoms with E-state index in [0.717, 1.165) is 48.9 Å². The quantitative estimate of drug-likeness (QED) is 0.914. The second kappa shape index (κ2) is 7.27. The van der Waals surface area contributed by atoms with Crippen molar-refractivity contribution < 1.29 is 9.21 Å². The summed E-state index contributed by atoms with van der Waals surface area (Å²) >= 11 is 1.66. The fourth-order valence-corrected chi connectivity index (χ4v) is 3.83. The third kappa shape index (κ3) is 4.20. The van der Waals surface area contributed by atoms with Crippen LogP contribution in [0.2, 0.25) is 0 Å². The highest BCUT2D eigenvalue weighted by molar-refractivity contribution is 7.11. The Morgan fingerprint density at radius 2 is 2.39 bits per heavy atom. The van der Waals surface area contributed by atoms with Gasteiger partial charge in [0.25, 0.3) is 0 Å². The van der Waals surface area contributed by atoms with Crippen LogP contribution < -0.4 is 5.32 Å². The van der Waals surface area contributed by atoms with Crippen molar-refractivity contribution in [1.82, 2.24) is 15.2 Å². The molecule has 0 saturated carbocycles. The summed E-state index contributed by atoms with van der Waals surface area (Å²) in [6, 6.07) is 3.89. The SMILES string of the molecule is Cc1nc(CNC(=O)C2CCCN(Cc3ccco3)C2)sc1C. The van der Waals surface area contributed by atoms with Crippen LogP contribution in [0, 0.1) is 19.8 Å². The van der Waals surface area contributed by atoms with Crippen LogP contribution in [0.15, 0.2) is 22.8 Å². The first kappa shape index (κ1) is 16.2. The van der Waals surface area contributed by atoms with Crippen LogP contribution in [0.1, 0.15) is 34.2 Å². The minimum Gasteiger partial charge on any atom is -0.468 e. The van der Waals surface area contributed by atoms with Gasteiger partial charge in [-0.25, -0.2) is 4.98 Å². The van der Waals surface area contributed by atoms with Gasteiger partial charge < -0.3 is 9.73 Å². The number of nitrogens with zero attached hydrogens (tertiary/aromatic N) is 2. The summed E-state index contributed by atoms with van der Waals surface area (Å²) in [6.07, 6.45) is 3.70. The summed E-state index contributed by atoms with van der Waals surface area (Å²) in [6.45, 7) is 7.20. The molecule has 0 aliphatic carbocycles. The second-order valence-electron chi connectivity index (χ2n) is 6.12. The minimum atomic E-state index is 0.0564. The van der Waals surface area contributed by atoms with E-state index in [9.17, 15) is 4.79 Å². The first-order valence-electron chi connectivity index (χ1n) is 8.07. The number of rotatable bonds is 5. The molecule has 2 aromatic rings. The van der Waals surface area contributed by atoms with Gasteiger partial charge in [0.05, 0.1) is 31.0 Å². The zero-order valence-electron chi connectivity index (χ0n) is 13.7. The number of carbonyl (C=O) groups excluding carboxylic acids is 1. The van der Waals surface area contributed by atoms with Gasteiger partial charge in [-0.2, -0.15) is 0 Å². The van der Waals surface area contributed by atoms with E-state index in [1.54, 1.807) is 17.6 Å². The average Bonchev–Trinajstić information content (AvgIpc) is 3.15. The standard InChI is InChI=1S/C17H23N3O2S/c1-12-13(2)23-16(19-12)9-18-17(21)14-5-3-7-20(10-14)11-15-6-4-8-22-15/h4,6,8,14H,3,5,7,9-11H2,1-2H3,(H,18,21). The maximum absolute atomic E-state index is 12.4. The Hall–Kier alpha value is -1.66. The lowest BCUT2D eigenvalue weighted by atomic mass is 9.97. The van der Waals surface area contributed by atoms with Crippen molar-refractivity contribution in [3.8, 4) is 0 Å². The van der Waals surface area contributed by atoms with Crippen LogP contribution in [0.5, 0.6) is 0 Å². The van der Waals surface area contributed by atoms with Crippen LogP contribution in [0.3, 0.4) is 0 Å². The fourth-order valence-electron chi connectivity index (χ4n) is 2.96. The Kier molecular flexibility index (Phi) is 5.13. The summed E-state index contributed by atoms with van der Waals surface area (Å²) in [5.41, 5.74) is 1.06. The molecule has 0 radical (unpaired) electrons. The molecule has 2 aromatic heterocycles. The number of nitrogens with one attached hydrogen (secondary N) is 1. The molecule has 1 amide bonds. The molecular weight excluding hydrogens is 310 g/mol. The Labute approximate surface area is 140 Å². The highest BCUT2D eigenvalue weighted by atomic mass is 32.1. The Morgan fingerprint density at radius 3 is 3.09 bits per heavy atom. The first-order valence-corrected chi connectivity index (χ1v) is 8.89. The van der Waals surface area contributed by atoms with Crippen LogP contribution in [0.25, 0.3) is 0 Å². The van der Waals surface area contributed by atoms with Crippen LogP contribution in [-0.2, 0) is 17.9 Å². The summed E-state index contributed by atoms with van der Waals surface area (Å²) in [5, 5.41) is 4.03. The largest absolute Gasteiger partial charge is 0.468 e. The summed E-state index contributed by atoms with van der Waals surface area (Å²) < 4.78 is 5.40. The van der Waals surface area contributed by atoms with Gasteiger partial charge in [0.15, 0.2) is 0 Å². The van der Waals surface area contributed by atoms with Gasteiger partial charge in [-0.15, -0.1) is 11.3 Å². The van der Waals surface area contributed by atoms with E-state index >= 15 is 0 Å². The molecular formula is C17H23N3O2S. The molecule has 3 heterocycles. The van der Waals surface area contributed by atoms with Crippen LogP contribution >= 0.6 is 11.3 Å². The van der Waals surface area contributed by atoms with Crippen molar-refractivity contribution >= 4 is 17.2 Å².